The van der Waals surface area contributed by atoms with Crippen LogP contribution < -0.4 is 5.32 Å². The average Bonchev–Trinajstić information content (AvgIpc) is 3.15. The van der Waals surface area contributed by atoms with Gasteiger partial charge < -0.3 is 4.74 Å². The molecule has 1 atom stereocenters. The number of hydrogen-bond donors (Lipinski definition) is 1. The molecule has 0 aliphatic heterocycles. The first-order valence-corrected chi connectivity index (χ1v) is 9.72. The van der Waals surface area contributed by atoms with Crippen LogP contribution in [-0.4, -0.2) is 21.1 Å². The van der Waals surface area contributed by atoms with Crippen LogP contribution in [0, 0.1) is 6.92 Å². The number of hydrogen-bond acceptors (Lipinski definition) is 4. The molecule has 150 valence electrons. The van der Waals surface area contributed by atoms with Crippen LogP contribution in [-0.2, 0) is 4.74 Å². The second-order valence-electron chi connectivity index (χ2n) is 6.93. The second kappa shape index (κ2) is 8.61. The molecule has 1 N–H and O–H groups in total. The predicted molar refractivity (Wildman–Crippen MR) is 116 cm³/mol. The maximum absolute atomic E-state index is 12.5. The number of carbonyl (C=O) groups excluding carboxylic acids is 1. The molecule has 0 bridgehead atoms. The number of nitrogens with zero attached hydrogens (tertiary/aromatic N) is 3. The molecule has 4 aromatic rings. The van der Waals surface area contributed by atoms with E-state index in [1.807, 2.05) is 91.9 Å². The Hall–Kier alpha value is -3.93. The van der Waals surface area contributed by atoms with Gasteiger partial charge in [-0.1, -0.05) is 78.0 Å². The lowest BCUT2D eigenvalue weighted by Gasteiger charge is -2.15. The van der Waals surface area contributed by atoms with Gasteiger partial charge in [0.1, 0.15) is 11.8 Å². The molecule has 0 fully saturated rings. The van der Waals surface area contributed by atoms with Crippen LogP contribution in [0.15, 0.2) is 84.9 Å². The van der Waals surface area contributed by atoms with Crippen LogP contribution in [0.5, 0.6) is 0 Å². The Bertz CT molecular complexity index is 1140. The van der Waals surface area contributed by atoms with Crippen molar-refractivity contribution in [3.8, 4) is 16.8 Å². The maximum atomic E-state index is 12.5. The zero-order valence-electron chi connectivity index (χ0n) is 16.8. The summed E-state index contributed by atoms with van der Waals surface area (Å²) in [5.74, 6) is 0.477. The van der Waals surface area contributed by atoms with Gasteiger partial charge >= 0.3 is 6.09 Å². The summed E-state index contributed by atoms with van der Waals surface area (Å²) in [6.45, 7) is 3.63. The zero-order valence-corrected chi connectivity index (χ0v) is 16.8. The topological polar surface area (TPSA) is 69.0 Å². The molecular weight excluding hydrogens is 376 g/mol. The van der Waals surface area contributed by atoms with Crippen molar-refractivity contribution in [2.45, 2.75) is 20.0 Å². The van der Waals surface area contributed by atoms with Gasteiger partial charge in [-0.15, -0.1) is 5.10 Å². The number of amides is 1. The summed E-state index contributed by atoms with van der Waals surface area (Å²) in [6.07, 6.45) is -0.936. The Morgan fingerprint density at radius 3 is 2.33 bits per heavy atom. The Morgan fingerprint density at radius 2 is 1.60 bits per heavy atom. The van der Waals surface area contributed by atoms with E-state index in [0.29, 0.717) is 11.5 Å². The van der Waals surface area contributed by atoms with E-state index in [1.165, 1.54) is 0 Å². The number of anilines is 1. The monoisotopic (exact) mass is 398 g/mol. The van der Waals surface area contributed by atoms with Crippen molar-refractivity contribution in [3.63, 3.8) is 0 Å². The number of rotatable bonds is 5. The number of aromatic nitrogens is 3. The van der Waals surface area contributed by atoms with E-state index in [-0.39, 0.29) is 6.10 Å². The minimum absolute atomic E-state index is 0.378. The summed E-state index contributed by atoms with van der Waals surface area (Å²) in [4.78, 5) is 12.5. The molecule has 30 heavy (non-hydrogen) atoms. The van der Waals surface area contributed by atoms with Crippen molar-refractivity contribution in [2.24, 2.45) is 0 Å². The van der Waals surface area contributed by atoms with Crippen LogP contribution in [0.2, 0.25) is 0 Å². The number of ether oxygens (including phenoxy) is 1. The molecule has 0 aliphatic carbocycles. The summed E-state index contributed by atoms with van der Waals surface area (Å²) in [6, 6.07) is 27.6. The molecule has 3 aromatic carbocycles. The third kappa shape index (κ3) is 4.22. The van der Waals surface area contributed by atoms with E-state index in [4.69, 9.17) is 4.74 Å². The highest BCUT2D eigenvalue weighted by molar-refractivity contribution is 5.84. The lowest BCUT2D eigenvalue weighted by Crippen LogP contribution is -2.18. The fraction of sp³-hybridized carbons (Fsp3) is 0.125. The van der Waals surface area contributed by atoms with Crippen LogP contribution in [0.25, 0.3) is 16.8 Å². The molecule has 4 rings (SSSR count). The van der Waals surface area contributed by atoms with Gasteiger partial charge in [-0.25, -0.2) is 4.79 Å². The van der Waals surface area contributed by atoms with E-state index in [1.54, 1.807) is 11.6 Å². The minimum atomic E-state index is -0.558. The van der Waals surface area contributed by atoms with Crippen molar-refractivity contribution in [3.05, 3.63) is 96.2 Å². The van der Waals surface area contributed by atoms with Crippen LogP contribution >= 0.6 is 0 Å². The molecule has 0 aliphatic rings. The minimum Gasteiger partial charge on any atom is -0.441 e. The van der Waals surface area contributed by atoms with Crippen molar-refractivity contribution in [1.29, 1.82) is 0 Å². The van der Waals surface area contributed by atoms with Gasteiger partial charge in [-0.2, -0.15) is 4.68 Å². The summed E-state index contributed by atoms with van der Waals surface area (Å²) in [7, 11) is 0. The van der Waals surface area contributed by atoms with Gasteiger partial charge in [0.25, 0.3) is 0 Å². The van der Waals surface area contributed by atoms with Crippen LogP contribution in [0.1, 0.15) is 24.3 Å². The molecule has 1 aromatic heterocycles. The molecular formula is C24H22N4O2. The zero-order chi connectivity index (χ0) is 20.9. The molecule has 0 radical (unpaired) electrons. The Kier molecular flexibility index (Phi) is 5.57. The van der Waals surface area contributed by atoms with Gasteiger partial charge in [0.05, 0.1) is 5.69 Å². The van der Waals surface area contributed by atoms with Crippen LogP contribution in [0.3, 0.4) is 0 Å². The lowest BCUT2D eigenvalue weighted by molar-refractivity contribution is 0.121. The quantitative estimate of drug-likeness (QED) is 0.478. The molecule has 0 saturated carbocycles. The second-order valence-corrected chi connectivity index (χ2v) is 6.93. The normalized spacial score (nSPS) is 11.7. The average molecular weight is 398 g/mol. The smallest absolute Gasteiger partial charge is 0.413 e. The number of nitrogens with one attached hydrogen (secondary N) is 1. The molecule has 6 nitrogen and oxygen atoms in total. The standard InChI is InChI=1S/C24H22N4O2/c1-17-23(25-24(29)30-18(2)19-10-5-3-6-11-19)28(27-26-17)22-15-9-14-21(16-22)20-12-7-4-8-13-20/h3-16,18H,1-2H3,(H,25,29)/t18-/m1/s1. The van der Waals surface area contributed by atoms with E-state index in [9.17, 15) is 4.79 Å². The van der Waals surface area contributed by atoms with Gasteiger partial charge in [0, 0.05) is 0 Å². The SMILES string of the molecule is Cc1nnn(-c2cccc(-c3ccccc3)c2)c1NC(=O)O[C@H](C)c1ccccc1. The summed E-state index contributed by atoms with van der Waals surface area (Å²) < 4.78 is 7.14. The molecule has 0 spiro atoms. The molecule has 1 heterocycles. The van der Waals surface area contributed by atoms with E-state index < -0.39 is 6.09 Å². The van der Waals surface area contributed by atoms with Crippen molar-refractivity contribution in [2.75, 3.05) is 5.32 Å². The Labute approximate surface area is 175 Å². The van der Waals surface area contributed by atoms with Crippen molar-refractivity contribution in [1.82, 2.24) is 15.0 Å². The van der Waals surface area contributed by atoms with Gasteiger partial charge in [-0.3, -0.25) is 5.32 Å². The molecule has 6 heteroatoms. The van der Waals surface area contributed by atoms with Crippen molar-refractivity contribution >= 4 is 11.9 Å². The third-order valence-corrected chi connectivity index (χ3v) is 4.81. The maximum Gasteiger partial charge on any atom is 0.413 e. The van der Waals surface area contributed by atoms with Gasteiger partial charge in [0.2, 0.25) is 0 Å². The fourth-order valence-corrected chi connectivity index (χ4v) is 3.21. The lowest BCUT2D eigenvalue weighted by atomic mass is 10.1. The van der Waals surface area contributed by atoms with Gasteiger partial charge in [-0.05, 0) is 42.7 Å². The highest BCUT2D eigenvalue weighted by atomic mass is 16.6. The highest BCUT2D eigenvalue weighted by Gasteiger charge is 2.17. The number of aryl methyl sites for hydroxylation is 1. The number of benzene rings is 3. The third-order valence-electron chi connectivity index (χ3n) is 4.81. The first-order valence-electron chi connectivity index (χ1n) is 9.72. The molecule has 0 saturated heterocycles. The summed E-state index contributed by atoms with van der Waals surface area (Å²) in [5.41, 5.74) is 4.47. The van der Waals surface area contributed by atoms with E-state index >= 15 is 0 Å². The number of carbonyl (C=O) groups is 1. The summed E-state index contributed by atoms with van der Waals surface area (Å²) in [5, 5.41) is 11.1. The predicted octanol–water partition coefficient (Wildman–Crippen LogP) is 5.55. The van der Waals surface area contributed by atoms with Crippen LogP contribution in [0.4, 0.5) is 10.6 Å². The summed E-state index contributed by atoms with van der Waals surface area (Å²) >= 11 is 0. The van der Waals surface area contributed by atoms with Gasteiger partial charge in [0.15, 0.2) is 5.82 Å². The first-order chi connectivity index (χ1) is 14.6. The molecule has 1 amide bonds. The van der Waals surface area contributed by atoms with Crippen molar-refractivity contribution < 1.29 is 9.53 Å². The highest BCUT2D eigenvalue weighted by Crippen LogP contribution is 2.25. The fourth-order valence-electron chi connectivity index (χ4n) is 3.21. The first kappa shape index (κ1) is 19.4. The largest absolute Gasteiger partial charge is 0.441 e. The molecule has 0 unspecified atom stereocenters. The van der Waals surface area contributed by atoms with E-state index in [0.717, 1.165) is 22.4 Å². The Balaban J connectivity index is 1.56. The van der Waals surface area contributed by atoms with E-state index in [2.05, 4.69) is 15.6 Å². The Morgan fingerprint density at radius 1 is 0.933 bits per heavy atom.